The van der Waals surface area contributed by atoms with Crippen molar-refractivity contribution < 1.29 is 31.5 Å². The lowest BCUT2D eigenvalue weighted by Gasteiger charge is -2.35. The van der Waals surface area contributed by atoms with E-state index < -0.39 is 24.0 Å². The topological polar surface area (TPSA) is 43.9 Å². The van der Waals surface area contributed by atoms with Crippen molar-refractivity contribution in [2.24, 2.45) is 0 Å². The van der Waals surface area contributed by atoms with Crippen molar-refractivity contribution in [1.29, 1.82) is 0 Å². The lowest BCUT2D eigenvalue weighted by Crippen LogP contribution is -2.44. The summed E-state index contributed by atoms with van der Waals surface area (Å²) < 4.78 is 69.6. The summed E-state index contributed by atoms with van der Waals surface area (Å²) >= 11 is 0. The lowest BCUT2D eigenvalue weighted by atomic mass is 9.97. The van der Waals surface area contributed by atoms with Crippen LogP contribution in [0.15, 0.2) is 72.7 Å². The van der Waals surface area contributed by atoms with E-state index in [0.717, 1.165) is 16.7 Å². The van der Waals surface area contributed by atoms with Crippen LogP contribution in [0.5, 0.6) is 0 Å². The first-order valence-electron chi connectivity index (χ1n) is 11.2. The number of amides is 2. The molecule has 0 N–H and O–H groups in total. The van der Waals surface area contributed by atoms with Crippen molar-refractivity contribution in [3.8, 4) is 0 Å². The van der Waals surface area contributed by atoms with Gasteiger partial charge in [0.2, 0.25) is 0 Å². The maximum atomic E-state index is 14.1. The van der Waals surface area contributed by atoms with Crippen LogP contribution in [0, 0.1) is 6.92 Å². The van der Waals surface area contributed by atoms with Gasteiger partial charge in [0.1, 0.15) is 5.92 Å². The third kappa shape index (κ3) is 4.41. The highest BCUT2D eigenvalue weighted by molar-refractivity contribution is 6.01. The van der Waals surface area contributed by atoms with Crippen LogP contribution in [0.4, 0.5) is 38.1 Å². The van der Waals surface area contributed by atoms with Gasteiger partial charge in [-0.2, -0.15) is 13.2 Å². The number of anilines is 2. The van der Waals surface area contributed by atoms with Crippen molar-refractivity contribution in [2.45, 2.75) is 38.4 Å². The van der Waals surface area contributed by atoms with Crippen molar-refractivity contribution in [3.05, 3.63) is 95.0 Å². The minimum absolute atomic E-state index is 0.0172. The average molecular weight is 517 g/mol. The van der Waals surface area contributed by atoms with Gasteiger partial charge < -0.3 is 4.90 Å². The Bertz CT molecular complexity index is 1360. The number of hydrogen-bond acceptors (Lipinski definition) is 3. The highest BCUT2D eigenvalue weighted by Crippen LogP contribution is 2.51. The number of alkyl halides is 5. The number of nitrogens with zero attached hydrogens (tertiary/aromatic N) is 3. The molecule has 2 aromatic rings. The highest BCUT2D eigenvalue weighted by atomic mass is 19.4. The maximum Gasteiger partial charge on any atom is 0.401 e. The summed E-state index contributed by atoms with van der Waals surface area (Å²) in [6.45, 7) is 9.49. The van der Waals surface area contributed by atoms with E-state index in [1.54, 1.807) is 6.07 Å². The molecule has 0 fully saturated rings. The molecule has 0 bridgehead atoms. The van der Waals surface area contributed by atoms with Crippen molar-refractivity contribution >= 4 is 23.7 Å². The number of carbonyl (C=O) groups is 2. The highest BCUT2D eigenvalue weighted by Gasteiger charge is 2.49. The molecule has 2 amide bonds. The van der Waals surface area contributed by atoms with Gasteiger partial charge in [0.05, 0.1) is 23.5 Å². The van der Waals surface area contributed by atoms with E-state index in [2.05, 4.69) is 13.2 Å². The predicted octanol–water partition coefficient (Wildman–Crippen LogP) is 6.75. The minimum atomic E-state index is -4.60. The molecule has 5 nitrogen and oxygen atoms in total. The van der Waals surface area contributed by atoms with E-state index in [1.165, 1.54) is 55.4 Å². The van der Waals surface area contributed by atoms with E-state index >= 15 is 0 Å². The lowest BCUT2D eigenvalue weighted by molar-refractivity contribution is -0.140. The van der Waals surface area contributed by atoms with Crippen LogP contribution in [0.3, 0.4) is 0 Å². The Balaban J connectivity index is 1.76. The van der Waals surface area contributed by atoms with Gasteiger partial charge in [-0.25, -0.2) is 13.6 Å². The van der Waals surface area contributed by atoms with E-state index in [-0.39, 0.29) is 45.9 Å². The van der Waals surface area contributed by atoms with Crippen LogP contribution in [0.1, 0.15) is 35.1 Å². The quantitative estimate of drug-likeness (QED) is 0.325. The van der Waals surface area contributed by atoms with Gasteiger partial charge in [-0.3, -0.25) is 14.6 Å². The predicted molar refractivity (Wildman–Crippen MR) is 130 cm³/mol. The molecule has 0 aliphatic carbocycles. The largest absolute Gasteiger partial charge is 0.401 e. The number of hydrogen-bond donors (Lipinski definition) is 0. The van der Waals surface area contributed by atoms with Gasteiger partial charge in [0, 0.05) is 37.1 Å². The van der Waals surface area contributed by atoms with E-state index in [4.69, 9.17) is 0 Å². The summed E-state index contributed by atoms with van der Waals surface area (Å²) in [5.41, 5.74) is 0.724. The number of benzene rings is 2. The minimum Gasteiger partial charge on any atom is -0.348 e. The summed E-state index contributed by atoms with van der Waals surface area (Å²) in [4.78, 5) is 28.9. The Hall–Kier alpha value is -3.95. The molecule has 37 heavy (non-hydrogen) atoms. The summed E-state index contributed by atoms with van der Waals surface area (Å²) in [6.07, 6.45) is -2.93. The number of rotatable bonds is 5. The van der Waals surface area contributed by atoms with Crippen LogP contribution < -0.4 is 9.80 Å². The molecule has 0 saturated heterocycles. The number of allylic oxidation sites excluding steroid dienone is 2. The van der Waals surface area contributed by atoms with E-state index in [1.807, 2.05) is 0 Å². The monoisotopic (exact) mass is 517 g/mol. The summed E-state index contributed by atoms with van der Waals surface area (Å²) in [6, 6.07) is 7.79. The molecule has 4 rings (SSSR count). The van der Waals surface area contributed by atoms with Crippen LogP contribution >= 0.6 is 0 Å². The Morgan fingerprint density at radius 2 is 1.76 bits per heavy atom. The standard InChI is InChI=1S/C27H24F5N3O2/c1-15-18(7-6-8-22(15)26(4,28)29)12-34-16(2)19(14-36)13-35(25(34)37)20-9-10-23-21(11-20)24(27(30,31)32)17(3)33(23)5/h6-11,13-14,24H,2-3,12H2,1,4-5H3. The molecule has 2 aromatic carbocycles. The second-order valence-corrected chi connectivity index (χ2v) is 9.13. The number of urea groups is 1. The van der Waals surface area contributed by atoms with Crippen molar-refractivity contribution in [2.75, 3.05) is 16.8 Å². The zero-order valence-electron chi connectivity index (χ0n) is 20.4. The maximum absolute atomic E-state index is 14.1. The molecule has 194 valence electrons. The number of halogens is 5. The fourth-order valence-electron chi connectivity index (χ4n) is 4.74. The number of aldehydes is 1. The van der Waals surface area contributed by atoms with Crippen LogP contribution in [0.2, 0.25) is 0 Å². The van der Waals surface area contributed by atoms with Gasteiger partial charge in [0.15, 0.2) is 6.29 Å². The molecule has 2 aliphatic heterocycles. The average Bonchev–Trinajstić information content (AvgIpc) is 3.06. The van der Waals surface area contributed by atoms with Crippen LogP contribution in [-0.4, -0.2) is 30.4 Å². The fourth-order valence-corrected chi connectivity index (χ4v) is 4.74. The van der Waals surface area contributed by atoms with Crippen molar-refractivity contribution in [1.82, 2.24) is 4.90 Å². The Morgan fingerprint density at radius 1 is 1.08 bits per heavy atom. The van der Waals surface area contributed by atoms with Gasteiger partial charge in [-0.15, -0.1) is 0 Å². The van der Waals surface area contributed by atoms with Gasteiger partial charge >= 0.3 is 12.2 Å². The Morgan fingerprint density at radius 3 is 2.35 bits per heavy atom. The van der Waals surface area contributed by atoms with E-state index in [0.29, 0.717) is 17.5 Å². The van der Waals surface area contributed by atoms with Gasteiger partial charge in [-0.05, 0) is 41.8 Å². The first-order chi connectivity index (χ1) is 17.2. The second kappa shape index (κ2) is 8.86. The van der Waals surface area contributed by atoms with Crippen molar-refractivity contribution in [3.63, 3.8) is 0 Å². The number of likely N-dealkylation sites (N-methyl/N-ethyl adjacent to an activating group) is 1. The zero-order valence-corrected chi connectivity index (χ0v) is 20.4. The van der Waals surface area contributed by atoms with E-state index in [9.17, 15) is 31.5 Å². The summed E-state index contributed by atoms with van der Waals surface area (Å²) in [5.74, 6) is -5.06. The molecule has 1 unspecified atom stereocenters. The molecule has 0 radical (unpaired) electrons. The molecular weight excluding hydrogens is 493 g/mol. The van der Waals surface area contributed by atoms with Crippen LogP contribution in [0.25, 0.3) is 0 Å². The molecule has 10 heteroatoms. The Labute approximate surface area is 210 Å². The molecule has 0 saturated carbocycles. The molecule has 0 aromatic heterocycles. The molecule has 2 aliphatic rings. The fraction of sp³-hybridized carbons (Fsp3) is 0.259. The third-order valence-corrected chi connectivity index (χ3v) is 6.79. The molecule has 2 heterocycles. The third-order valence-electron chi connectivity index (χ3n) is 6.79. The summed E-state index contributed by atoms with van der Waals surface area (Å²) in [5, 5.41) is 0. The zero-order chi connectivity index (χ0) is 27.4. The number of carbonyl (C=O) groups excluding carboxylic acids is 2. The normalized spacial score (nSPS) is 18.4. The number of fused-ring (bicyclic) bond motifs is 1. The summed E-state index contributed by atoms with van der Waals surface area (Å²) in [7, 11) is 1.48. The molecular formula is C27H24F5N3O2. The molecule has 0 spiro atoms. The Kier molecular flexibility index (Phi) is 6.26. The van der Waals surface area contributed by atoms with Gasteiger partial charge in [-0.1, -0.05) is 31.4 Å². The smallest absolute Gasteiger partial charge is 0.348 e. The second-order valence-electron chi connectivity index (χ2n) is 9.13. The SMILES string of the molecule is C=C1C(C=O)=CN(c2ccc3c(c2)C(C(F)(F)F)C(=C)N3C)C(=O)N1Cc1cccc(C(C)(F)F)c1C. The molecule has 1 atom stereocenters. The van der Waals surface area contributed by atoms with Crippen LogP contribution in [-0.2, 0) is 17.3 Å². The first kappa shape index (κ1) is 26.1. The van der Waals surface area contributed by atoms with Gasteiger partial charge in [0.25, 0.3) is 5.92 Å². The first-order valence-corrected chi connectivity index (χ1v) is 11.2.